The van der Waals surface area contributed by atoms with Crippen molar-refractivity contribution in [2.24, 2.45) is 0 Å². The fraction of sp³-hybridized carbons (Fsp3) is 0.741. The number of allylic oxidation sites excluding steroid dienone is 12. The van der Waals surface area contributed by atoms with Gasteiger partial charge in [0.05, 0.1) is 27.7 Å². The number of carbonyl (C=O) groups is 2. The number of unbranched alkanes of at least 4 members (excludes halogenated alkanes) is 20. The van der Waals surface area contributed by atoms with Gasteiger partial charge in [0.2, 0.25) is 0 Å². The molecule has 0 saturated heterocycles. The number of likely N-dealkylation sites (N-methyl/N-ethyl adjacent to an activating group) is 1. The predicted octanol–water partition coefficient (Wildman–Crippen LogP) is 15.4. The molecule has 370 valence electrons. The average Bonchev–Trinajstić information content (AvgIpc) is 3.25. The number of esters is 2. The molecule has 1 N–H and O–H groups in total. The van der Waals surface area contributed by atoms with E-state index in [1.807, 2.05) is 21.1 Å². The summed E-state index contributed by atoms with van der Waals surface area (Å²) in [6.07, 6.45) is 58.1. The summed E-state index contributed by atoms with van der Waals surface area (Å²) in [5, 5.41) is 0. The van der Waals surface area contributed by atoms with Crippen LogP contribution in [-0.2, 0) is 32.7 Å². The van der Waals surface area contributed by atoms with Gasteiger partial charge in [-0.05, 0) is 83.5 Å². The molecular formula is C54H97NO8P+. The first kappa shape index (κ1) is 61.5. The molecule has 0 heterocycles. The van der Waals surface area contributed by atoms with E-state index in [1.165, 1.54) is 77.0 Å². The molecule has 0 radical (unpaired) electrons. The molecule has 0 aromatic rings. The second-order valence-corrected chi connectivity index (χ2v) is 19.6. The third-order valence-electron chi connectivity index (χ3n) is 10.7. The van der Waals surface area contributed by atoms with Crippen molar-refractivity contribution in [1.29, 1.82) is 0 Å². The maximum Gasteiger partial charge on any atom is 0.472 e. The highest BCUT2D eigenvalue weighted by Crippen LogP contribution is 2.43. The highest BCUT2D eigenvalue weighted by molar-refractivity contribution is 7.47. The molecule has 10 heteroatoms. The van der Waals surface area contributed by atoms with Gasteiger partial charge in [-0.2, -0.15) is 0 Å². The van der Waals surface area contributed by atoms with Gasteiger partial charge in [0.25, 0.3) is 0 Å². The zero-order valence-corrected chi connectivity index (χ0v) is 42.6. The molecule has 0 saturated carbocycles. The minimum atomic E-state index is -4.39. The SMILES string of the molecule is CC/C=C\C/C=C\C/C=C\CCCCCCCC(=O)OCC(COP(=O)(O)OCC[N+](C)(C)C)OC(=O)CCCCCCCCCCCC/C=C\C/C=C\C/C=C\CCCCCCC. The standard InChI is InChI=1S/C54H96NO8P/c1-6-8-10-12-14-16-18-20-22-23-24-25-26-27-28-29-30-31-33-35-37-39-41-43-45-47-54(57)63-52(51-62-64(58,59)61-49-48-55(3,4)5)50-60-53(56)46-44-42-40-38-36-34-32-21-19-17-15-13-11-9-7-2/h9,11,15,17-18,20-21,23-24,26-27,32,52H,6-8,10,12-14,16,19,22,25,28-31,33-51H2,1-5H3/p+1/b11-9-,17-15-,20-18-,24-23-,27-26-,32-21-. The lowest BCUT2D eigenvalue weighted by atomic mass is 10.0. The number of ether oxygens (including phenoxy) is 2. The van der Waals surface area contributed by atoms with Gasteiger partial charge in [-0.25, -0.2) is 4.57 Å². The Morgan fingerprint density at radius 1 is 0.500 bits per heavy atom. The Kier molecular flexibility index (Phi) is 43.8. The van der Waals surface area contributed by atoms with Crippen LogP contribution < -0.4 is 0 Å². The maximum absolute atomic E-state index is 12.8. The van der Waals surface area contributed by atoms with Crippen LogP contribution in [0.1, 0.15) is 206 Å². The number of phosphoric acid groups is 1. The number of phosphoric ester groups is 1. The summed E-state index contributed by atoms with van der Waals surface area (Å²) in [6.45, 7) is 4.28. The van der Waals surface area contributed by atoms with Crippen LogP contribution in [0.2, 0.25) is 0 Å². The predicted molar refractivity (Wildman–Crippen MR) is 270 cm³/mol. The van der Waals surface area contributed by atoms with Gasteiger partial charge in [0.1, 0.15) is 19.8 Å². The number of carbonyl (C=O) groups excluding carboxylic acids is 2. The first-order valence-electron chi connectivity index (χ1n) is 25.7. The summed E-state index contributed by atoms with van der Waals surface area (Å²) in [7, 11) is 1.46. The van der Waals surface area contributed by atoms with Crippen LogP contribution in [-0.4, -0.2) is 74.9 Å². The van der Waals surface area contributed by atoms with E-state index in [1.54, 1.807) is 0 Å². The van der Waals surface area contributed by atoms with Crippen molar-refractivity contribution >= 4 is 19.8 Å². The minimum Gasteiger partial charge on any atom is -0.462 e. The topological polar surface area (TPSA) is 108 Å². The molecule has 0 bridgehead atoms. The van der Waals surface area contributed by atoms with E-state index >= 15 is 0 Å². The van der Waals surface area contributed by atoms with Crippen LogP contribution in [0.3, 0.4) is 0 Å². The number of quaternary nitrogens is 1. The molecule has 0 fully saturated rings. The van der Waals surface area contributed by atoms with Gasteiger partial charge in [-0.1, -0.05) is 183 Å². The number of rotatable bonds is 46. The van der Waals surface area contributed by atoms with Crippen molar-refractivity contribution in [3.63, 3.8) is 0 Å². The Hall–Kier alpha value is -2.55. The van der Waals surface area contributed by atoms with Gasteiger partial charge in [0.15, 0.2) is 6.10 Å². The van der Waals surface area contributed by atoms with Crippen LogP contribution in [0.5, 0.6) is 0 Å². The summed E-state index contributed by atoms with van der Waals surface area (Å²) >= 11 is 0. The fourth-order valence-electron chi connectivity index (χ4n) is 6.74. The van der Waals surface area contributed by atoms with Gasteiger partial charge in [-0.3, -0.25) is 18.6 Å². The molecule has 2 unspecified atom stereocenters. The lowest BCUT2D eigenvalue weighted by Crippen LogP contribution is -2.37. The Balaban J connectivity index is 4.25. The lowest BCUT2D eigenvalue weighted by molar-refractivity contribution is -0.870. The quantitative estimate of drug-likeness (QED) is 0.0211. The number of hydrogen-bond acceptors (Lipinski definition) is 7. The summed E-state index contributed by atoms with van der Waals surface area (Å²) in [5.41, 5.74) is 0. The molecule has 0 aliphatic carbocycles. The van der Waals surface area contributed by atoms with E-state index in [-0.39, 0.29) is 32.0 Å². The van der Waals surface area contributed by atoms with Crippen molar-refractivity contribution in [2.45, 2.75) is 213 Å². The van der Waals surface area contributed by atoms with Crippen LogP contribution in [0.4, 0.5) is 0 Å². The second kappa shape index (κ2) is 45.6. The smallest absolute Gasteiger partial charge is 0.462 e. The average molecular weight is 919 g/mol. The minimum absolute atomic E-state index is 0.0246. The monoisotopic (exact) mass is 919 g/mol. The molecule has 64 heavy (non-hydrogen) atoms. The van der Waals surface area contributed by atoms with Crippen molar-refractivity contribution in [3.8, 4) is 0 Å². The van der Waals surface area contributed by atoms with Crippen molar-refractivity contribution in [2.75, 3.05) is 47.5 Å². The molecule has 2 atom stereocenters. The van der Waals surface area contributed by atoms with E-state index in [0.29, 0.717) is 23.9 Å². The maximum atomic E-state index is 12.8. The Bertz CT molecular complexity index is 1310. The summed E-state index contributed by atoms with van der Waals surface area (Å²) < 4.78 is 34.4. The fourth-order valence-corrected chi connectivity index (χ4v) is 7.48. The van der Waals surface area contributed by atoms with E-state index in [0.717, 1.165) is 89.9 Å². The van der Waals surface area contributed by atoms with E-state index in [9.17, 15) is 19.0 Å². The normalized spacial score (nSPS) is 14.0. The Morgan fingerprint density at radius 2 is 0.891 bits per heavy atom. The highest BCUT2D eigenvalue weighted by atomic mass is 31.2. The Labute approximate surface area is 393 Å². The number of nitrogens with zero attached hydrogens (tertiary/aromatic N) is 1. The summed E-state index contributed by atoms with van der Waals surface area (Å²) in [4.78, 5) is 35.5. The zero-order chi connectivity index (χ0) is 47.1. The van der Waals surface area contributed by atoms with E-state index in [2.05, 4.69) is 86.8 Å². The van der Waals surface area contributed by atoms with Crippen molar-refractivity contribution in [3.05, 3.63) is 72.9 Å². The largest absolute Gasteiger partial charge is 0.472 e. The van der Waals surface area contributed by atoms with Crippen LogP contribution in [0.15, 0.2) is 72.9 Å². The van der Waals surface area contributed by atoms with Crippen molar-refractivity contribution < 1.29 is 42.1 Å². The summed E-state index contributed by atoms with van der Waals surface area (Å²) in [5.74, 6) is -0.825. The Morgan fingerprint density at radius 3 is 1.33 bits per heavy atom. The zero-order valence-electron chi connectivity index (χ0n) is 41.7. The second-order valence-electron chi connectivity index (χ2n) is 18.2. The number of hydrogen-bond donors (Lipinski definition) is 1. The molecule has 0 aliphatic heterocycles. The molecular weight excluding hydrogens is 822 g/mol. The summed E-state index contributed by atoms with van der Waals surface area (Å²) in [6, 6.07) is 0. The highest BCUT2D eigenvalue weighted by Gasteiger charge is 2.27. The van der Waals surface area contributed by atoms with Crippen LogP contribution in [0.25, 0.3) is 0 Å². The third kappa shape index (κ3) is 48.9. The lowest BCUT2D eigenvalue weighted by Gasteiger charge is -2.24. The van der Waals surface area contributed by atoms with Crippen LogP contribution >= 0.6 is 7.82 Å². The van der Waals surface area contributed by atoms with Gasteiger partial charge < -0.3 is 18.9 Å². The molecule has 0 aromatic heterocycles. The van der Waals surface area contributed by atoms with E-state index < -0.39 is 26.5 Å². The molecule has 9 nitrogen and oxygen atoms in total. The van der Waals surface area contributed by atoms with E-state index in [4.69, 9.17) is 18.5 Å². The van der Waals surface area contributed by atoms with Gasteiger partial charge in [0, 0.05) is 12.8 Å². The van der Waals surface area contributed by atoms with Gasteiger partial charge >= 0.3 is 19.8 Å². The third-order valence-corrected chi connectivity index (χ3v) is 11.7. The van der Waals surface area contributed by atoms with Crippen molar-refractivity contribution in [1.82, 2.24) is 0 Å². The molecule has 0 rings (SSSR count). The van der Waals surface area contributed by atoms with Crippen LogP contribution in [0, 0.1) is 0 Å². The molecule has 0 aliphatic rings. The molecule has 0 spiro atoms. The first-order valence-corrected chi connectivity index (χ1v) is 27.2. The first-order chi connectivity index (χ1) is 31.0. The molecule has 0 aromatic carbocycles. The van der Waals surface area contributed by atoms with Gasteiger partial charge in [-0.15, -0.1) is 0 Å². The molecule has 0 amide bonds.